The number of amidine groups is 1. The summed E-state index contributed by atoms with van der Waals surface area (Å²) >= 11 is 0. The lowest BCUT2D eigenvalue weighted by Crippen LogP contribution is -2.07. The first-order valence-corrected chi connectivity index (χ1v) is 27.9. The lowest BCUT2D eigenvalue weighted by molar-refractivity contribution is 1.18. The minimum absolute atomic E-state index is 0.560. The molecule has 0 unspecified atom stereocenters. The minimum atomic E-state index is 0.560. The van der Waals surface area contributed by atoms with Gasteiger partial charge in [-0.3, -0.25) is 0 Å². The molecule has 0 aliphatic rings. The van der Waals surface area contributed by atoms with Gasteiger partial charge in [-0.2, -0.15) is 0 Å². The fourth-order valence-corrected chi connectivity index (χ4v) is 12.3. The summed E-state index contributed by atoms with van der Waals surface area (Å²) in [5, 5.41) is 7.21. The quantitative estimate of drug-likeness (QED) is 0.0967. The Bertz CT molecular complexity index is 4990. The Morgan fingerprint density at radius 2 is 0.671 bits per heavy atom. The molecule has 0 aliphatic carbocycles. The maximum absolute atomic E-state index is 5.57. The molecule has 0 saturated carbocycles. The number of nitrogens with zero attached hydrogens (tertiary/aromatic N) is 5. The summed E-state index contributed by atoms with van der Waals surface area (Å²) in [6.45, 7) is 6.65. The predicted octanol–water partition coefficient (Wildman–Crippen LogP) is 19.9. The molecule has 15 rings (SSSR count). The van der Waals surface area contributed by atoms with Crippen molar-refractivity contribution in [2.24, 2.45) is 9.98 Å². The van der Waals surface area contributed by atoms with Gasteiger partial charge in [-0.1, -0.05) is 225 Å². The molecule has 0 bridgehead atoms. The van der Waals surface area contributed by atoms with Crippen molar-refractivity contribution in [1.29, 1.82) is 0 Å². The lowest BCUT2D eigenvalue weighted by Gasteiger charge is -2.17. The lowest BCUT2D eigenvalue weighted by atomic mass is 9.99. The molecule has 15 aromatic rings. The minimum Gasteiger partial charge on any atom is -0.309 e. The van der Waals surface area contributed by atoms with Gasteiger partial charge in [0.15, 0.2) is 5.84 Å². The first-order chi connectivity index (χ1) is 40.5. The molecule has 0 saturated heterocycles. The average Bonchev–Trinajstić information content (AvgIpc) is 3.69. The maximum atomic E-state index is 5.57. The van der Waals surface area contributed by atoms with E-state index in [9.17, 15) is 0 Å². The van der Waals surface area contributed by atoms with Gasteiger partial charge in [0, 0.05) is 60.4 Å². The number of rotatable bonds is 10. The van der Waals surface area contributed by atoms with Gasteiger partial charge >= 0.3 is 0 Å². The molecule has 0 N–H and O–H groups in total. The van der Waals surface area contributed by atoms with Crippen LogP contribution in [0.1, 0.15) is 23.6 Å². The highest BCUT2D eigenvalue weighted by atomic mass is 15.0. The number of aliphatic imine (C=N–C) groups is 2. The molecule has 0 fully saturated rings. The summed E-state index contributed by atoms with van der Waals surface area (Å²) in [4.78, 5) is 10.9. The van der Waals surface area contributed by atoms with E-state index in [1.54, 1.807) is 0 Å². The summed E-state index contributed by atoms with van der Waals surface area (Å²) in [5.41, 5.74) is 21.1. The summed E-state index contributed by atoms with van der Waals surface area (Å²) in [5.74, 6) is 0.560. The fourth-order valence-electron chi connectivity index (χ4n) is 12.3. The molecule has 386 valence electrons. The first-order valence-electron chi connectivity index (χ1n) is 27.9. The average molecular weight is 1050 g/mol. The maximum Gasteiger partial charge on any atom is 0.160 e. The second-order valence-electron chi connectivity index (χ2n) is 21.0. The van der Waals surface area contributed by atoms with Crippen LogP contribution in [0.3, 0.4) is 0 Å². The number of hydrogen-bond donors (Lipinski definition) is 0. The number of fused-ring (bicyclic) bond motifs is 9. The van der Waals surface area contributed by atoms with E-state index in [4.69, 9.17) is 9.98 Å². The van der Waals surface area contributed by atoms with Crippen LogP contribution in [-0.4, -0.2) is 25.2 Å². The third-order valence-electron chi connectivity index (χ3n) is 16.2. The van der Waals surface area contributed by atoms with E-state index in [0.29, 0.717) is 11.5 Å². The molecule has 5 heteroatoms. The van der Waals surface area contributed by atoms with Crippen molar-refractivity contribution in [3.63, 3.8) is 0 Å². The van der Waals surface area contributed by atoms with E-state index in [0.717, 1.165) is 89.3 Å². The zero-order valence-electron chi connectivity index (χ0n) is 45.2. The Morgan fingerprint density at radius 1 is 0.293 bits per heavy atom. The molecule has 3 heterocycles. The van der Waals surface area contributed by atoms with E-state index in [1.165, 1.54) is 48.9 Å². The van der Waals surface area contributed by atoms with E-state index in [2.05, 4.69) is 300 Å². The molecule has 0 atom stereocenters. The molecular weight excluding hydrogens is 995 g/mol. The van der Waals surface area contributed by atoms with Crippen LogP contribution in [-0.2, 0) is 0 Å². The largest absolute Gasteiger partial charge is 0.309 e. The van der Waals surface area contributed by atoms with Crippen LogP contribution in [0.2, 0.25) is 0 Å². The van der Waals surface area contributed by atoms with Gasteiger partial charge in [0.25, 0.3) is 0 Å². The highest BCUT2D eigenvalue weighted by Crippen LogP contribution is 2.42. The molecule has 5 nitrogen and oxygen atoms in total. The molecule has 0 amide bonds. The third-order valence-corrected chi connectivity index (χ3v) is 16.2. The molecule has 0 radical (unpaired) electrons. The third kappa shape index (κ3) is 8.25. The van der Waals surface area contributed by atoms with Crippen molar-refractivity contribution in [1.82, 2.24) is 13.7 Å². The van der Waals surface area contributed by atoms with Gasteiger partial charge in [-0.25, -0.2) is 9.98 Å². The Kier molecular flexibility index (Phi) is 11.8. The van der Waals surface area contributed by atoms with Crippen LogP contribution in [0.15, 0.2) is 308 Å². The molecule has 3 aromatic heterocycles. The summed E-state index contributed by atoms with van der Waals surface area (Å²) in [7, 11) is 0. The van der Waals surface area contributed by atoms with E-state index >= 15 is 0 Å². The molecule has 0 aliphatic heterocycles. The molecule has 0 spiro atoms. The van der Waals surface area contributed by atoms with Crippen molar-refractivity contribution in [2.45, 2.75) is 6.92 Å². The Morgan fingerprint density at radius 3 is 1.17 bits per heavy atom. The highest BCUT2D eigenvalue weighted by Gasteiger charge is 2.22. The number of aromatic nitrogens is 3. The van der Waals surface area contributed by atoms with Crippen molar-refractivity contribution in [2.75, 3.05) is 0 Å². The summed E-state index contributed by atoms with van der Waals surface area (Å²) < 4.78 is 7.21. The highest BCUT2D eigenvalue weighted by molar-refractivity contribution is 6.16. The Labute approximate surface area is 475 Å². The summed E-state index contributed by atoms with van der Waals surface area (Å²) in [6, 6.07) is 104. The van der Waals surface area contributed by atoms with Crippen molar-refractivity contribution in [3.05, 3.63) is 314 Å². The van der Waals surface area contributed by atoms with Gasteiger partial charge in [-0.15, -0.1) is 0 Å². The Hall–Kier alpha value is -10.9. The normalized spacial score (nSPS) is 12.2. The van der Waals surface area contributed by atoms with Gasteiger partial charge in [0.2, 0.25) is 0 Å². The molecule has 82 heavy (non-hydrogen) atoms. The molecular formula is C77H53N5. The van der Waals surface area contributed by atoms with Gasteiger partial charge in [0.1, 0.15) is 0 Å². The zero-order valence-corrected chi connectivity index (χ0v) is 45.2. The van der Waals surface area contributed by atoms with Gasteiger partial charge in [0.05, 0.1) is 50.2 Å². The van der Waals surface area contributed by atoms with Crippen molar-refractivity contribution >= 4 is 82.7 Å². The second-order valence-corrected chi connectivity index (χ2v) is 21.0. The first kappa shape index (κ1) is 48.3. The summed E-state index contributed by atoms with van der Waals surface area (Å²) in [6.07, 6.45) is 0. The van der Waals surface area contributed by atoms with Gasteiger partial charge in [-0.05, 0) is 113 Å². The fraction of sp³-hybridized carbons (Fsp3) is 0.0130. The van der Waals surface area contributed by atoms with Crippen molar-refractivity contribution < 1.29 is 0 Å². The van der Waals surface area contributed by atoms with E-state index in [-0.39, 0.29) is 0 Å². The van der Waals surface area contributed by atoms with Crippen LogP contribution < -0.4 is 0 Å². The smallest absolute Gasteiger partial charge is 0.160 e. The van der Waals surface area contributed by atoms with Crippen molar-refractivity contribution in [3.8, 4) is 50.4 Å². The standard InChI is InChI=1S/C77H53N5/c1-51(53-23-7-3-8-24-53)78-77(79-52(2)56-39-43-61(54-25-9-4-10-26-54)75(49-56)81-70-36-20-15-31-63(70)64-32-16-21-37-71(64)81)59-40-44-62(55-27-11-5-12-28-55)76(50-59)82-72-38-22-18-34-66(72)68-48-58(42-46-74(68)82)57-41-45-73-67(47-57)65-33-17-19-35-69(65)80(73)60-29-13-6-14-30-60/h3-50H,1H2,2H3. The van der Waals surface area contributed by atoms with Gasteiger partial charge < -0.3 is 13.7 Å². The number of para-hydroxylation sites is 5. The number of hydrogen-bond acceptors (Lipinski definition) is 1. The number of benzene rings is 12. The zero-order chi connectivity index (χ0) is 54.7. The van der Waals surface area contributed by atoms with Crippen LogP contribution in [0.4, 0.5) is 0 Å². The van der Waals surface area contributed by atoms with E-state index in [1.807, 2.05) is 18.2 Å². The van der Waals surface area contributed by atoms with E-state index < -0.39 is 0 Å². The molecule has 12 aromatic carbocycles. The van der Waals surface area contributed by atoms with Crippen LogP contribution >= 0.6 is 0 Å². The SMILES string of the molecule is C=C(N=C(N=C(C)c1ccc(-c2ccccc2)c(-n2c3ccccc3c3ccccc32)c1)c1ccc(-c2ccccc2)c(-n2c3ccccc3c3cc(-c4ccc5c(c4)c4ccccc4n5-c4ccccc4)ccc32)c1)c1ccccc1. The topological polar surface area (TPSA) is 39.5 Å². The predicted molar refractivity (Wildman–Crippen MR) is 346 cm³/mol. The Balaban J connectivity index is 0.907. The van der Waals surface area contributed by atoms with Crippen LogP contribution in [0.25, 0.3) is 122 Å². The second kappa shape index (κ2) is 20.1. The van der Waals surface area contributed by atoms with Crippen LogP contribution in [0, 0.1) is 0 Å². The van der Waals surface area contributed by atoms with Crippen LogP contribution in [0.5, 0.6) is 0 Å². The monoisotopic (exact) mass is 1050 g/mol.